The van der Waals surface area contributed by atoms with Gasteiger partial charge >= 0.3 is 0 Å². The maximum atomic E-state index is 12.4. The highest BCUT2D eigenvalue weighted by atomic mass is 32.2. The van der Waals surface area contributed by atoms with Gasteiger partial charge in [0.2, 0.25) is 11.0 Å². The lowest BCUT2D eigenvalue weighted by molar-refractivity contribution is 0.454. The van der Waals surface area contributed by atoms with Crippen LogP contribution in [0.5, 0.6) is 0 Å². The number of aromatic nitrogens is 3. The van der Waals surface area contributed by atoms with Crippen molar-refractivity contribution in [3.8, 4) is 22.9 Å². The Bertz CT molecular complexity index is 1100. The lowest BCUT2D eigenvalue weighted by Crippen LogP contribution is -2.22. The van der Waals surface area contributed by atoms with Gasteiger partial charge in [0.15, 0.2) is 5.76 Å². The molecule has 0 spiro atoms. The first-order valence-corrected chi connectivity index (χ1v) is 9.19. The van der Waals surface area contributed by atoms with E-state index in [1.165, 1.54) is 12.3 Å². The van der Waals surface area contributed by atoms with Crippen molar-refractivity contribution in [3.05, 3.63) is 66.7 Å². The number of oxazole rings is 1. The second-order valence-electron chi connectivity index (χ2n) is 5.42. The minimum absolute atomic E-state index is 0.0151. The molecule has 132 valence electrons. The van der Waals surface area contributed by atoms with E-state index in [0.29, 0.717) is 23.0 Å². The molecule has 26 heavy (non-hydrogen) atoms. The van der Waals surface area contributed by atoms with Crippen LogP contribution in [0.25, 0.3) is 22.9 Å². The van der Waals surface area contributed by atoms with Gasteiger partial charge in [0.1, 0.15) is 12.0 Å². The van der Waals surface area contributed by atoms with Gasteiger partial charge < -0.3 is 8.83 Å². The maximum Gasteiger partial charge on any atom is 0.274 e. The second-order valence-corrected chi connectivity index (χ2v) is 7.12. The molecule has 0 saturated carbocycles. The molecular formula is C17H14N4O4S. The Morgan fingerprint density at radius 3 is 2.69 bits per heavy atom. The van der Waals surface area contributed by atoms with Gasteiger partial charge in [0, 0.05) is 11.8 Å². The van der Waals surface area contributed by atoms with E-state index >= 15 is 0 Å². The van der Waals surface area contributed by atoms with E-state index in [2.05, 4.69) is 19.9 Å². The van der Waals surface area contributed by atoms with Crippen LogP contribution >= 0.6 is 0 Å². The zero-order valence-corrected chi connectivity index (χ0v) is 14.2. The molecule has 3 heterocycles. The summed E-state index contributed by atoms with van der Waals surface area (Å²) in [6, 6.07) is 14.0. The smallest absolute Gasteiger partial charge is 0.274 e. The summed E-state index contributed by atoms with van der Waals surface area (Å²) in [6.45, 7) is -0.0151. The number of hydrogen-bond donors (Lipinski definition) is 2. The lowest BCUT2D eigenvalue weighted by atomic mass is 10.2. The summed E-state index contributed by atoms with van der Waals surface area (Å²) >= 11 is 0. The second kappa shape index (κ2) is 6.62. The molecule has 4 rings (SSSR count). The number of rotatable bonds is 6. The standard InChI is InChI=1S/C17H14N4O4S/c22-26(23,16-7-6-15(25-16)14-8-9-18-21-14)19-10-13-11-24-17(20-13)12-4-2-1-3-5-12/h1-9,11,19H,10H2,(H,18,21). The minimum Gasteiger partial charge on any atom is -0.444 e. The molecule has 0 aliphatic rings. The Labute approximate surface area is 148 Å². The number of furan rings is 1. The van der Waals surface area contributed by atoms with Gasteiger partial charge in [-0.1, -0.05) is 18.2 Å². The third kappa shape index (κ3) is 3.30. The summed E-state index contributed by atoms with van der Waals surface area (Å²) in [5.41, 5.74) is 1.88. The first-order chi connectivity index (χ1) is 12.6. The average molecular weight is 370 g/mol. The van der Waals surface area contributed by atoms with Crippen molar-refractivity contribution in [1.29, 1.82) is 0 Å². The Hall–Kier alpha value is -3.17. The molecule has 0 aliphatic carbocycles. The van der Waals surface area contributed by atoms with Crippen molar-refractivity contribution < 1.29 is 17.3 Å². The fraction of sp³-hybridized carbons (Fsp3) is 0.0588. The van der Waals surface area contributed by atoms with Crippen molar-refractivity contribution in [2.45, 2.75) is 11.6 Å². The van der Waals surface area contributed by atoms with Crippen molar-refractivity contribution in [1.82, 2.24) is 19.9 Å². The van der Waals surface area contributed by atoms with Crippen molar-refractivity contribution in [2.75, 3.05) is 0 Å². The predicted octanol–water partition coefficient (Wildman–Crippen LogP) is 2.80. The Morgan fingerprint density at radius 2 is 1.92 bits per heavy atom. The number of sulfonamides is 1. The van der Waals surface area contributed by atoms with Gasteiger partial charge in [-0.25, -0.2) is 18.1 Å². The lowest BCUT2D eigenvalue weighted by Gasteiger charge is -2.01. The molecule has 0 unspecified atom stereocenters. The molecule has 3 aromatic heterocycles. The fourth-order valence-corrected chi connectivity index (χ4v) is 3.27. The van der Waals surface area contributed by atoms with Crippen molar-refractivity contribution >= 4 is 10.0 Å². The predicted molar refractivity (Wildman–Crippen MR) is 92.3 cm³/mol. The van der Waals surface area contributed by atoms with Crippen molar-refractivity contribution in [2.24, 2.45) is 0 Å². The van der Waals surface area contributed by atoms with Crippen LogP contribution in [0.3, 0.4) is 0 Å². The van der Waals surface area contributed by atoms with Gasteiger partial charge in [-0.15, -0.1) is 0 Å². The number of aromatic amines is 1. The normalized spacial score (nSPS) is 11.7. The number of benzene rings is 1. The first kappa shape index (κ1) is 16.3. The maximum absolute atomic E-state index is 12.4. The Kier molecular flexibility index (Phi) is 4.15. The van der Waals surface area contributed by atoms with Gasteiger partial charge in [0.05, 0.1) is 12.2 Å². The molecule has 0 radical (unpaired) electrons. The summed E-state index contributed by atoms with van der Waals surface area (Å²) < 4.78 is 38.0. The summed E-state index contributed by atoms with van der Waals surface area (Å²) in [6.07, 6.45) is 2.97. The number of H-pyrrole nitrogens is 1. The van der Waals surface area contributed by atoms with Crippen LogP contribution < -0.4 is 4.72 Å². The summed E-state index contributed by atoms with van der Waals surface area (Å²) in [5, 5.41) is 6.33. The monoisotopic (exact) mass is 370 g/mol. The molecule has 9 heteroatoms. The highest BCUT2D eigenvalue weighted by Crippen LogP contribution is 2.23. The third-order valence-electron chi connectivity index (χ3n) is 3.63. The first-order valence-electron chi connectivity index (χ1n) is 7.71. The largest absolute Gasteiger partial charge is 0.444 e. The summed E-state index contributed by atoms with van der Waals surface area (Å²) in [7, 11) is -3.82. The van der Waals surface area contributed by atoms with E-state index in [1.807, 2.05) is 30.3 Å². The molecule has 0 fully saturated rings. The average Bonchev–Trinajstić information content (AvgIpc) is 3.42. The van der Waals surface area contributed by atoms with Crippen LogP contribution in [0.2, 0.25) is 0 Å². The van der Waals surface area contributed by atoms with E-state index in [0.717, 1.165) is 5.56 Å². The molecule has 2 N–H and O–H groups in total. The van der Waals surface area contributed by atoms with Gasteiger partial charge in [-0.2, -0.15) is 5.10 Å². The van der Waals surface area contributed by atoms with Crippen LogP contribution in [0.1, 0.15) is 5.69 Å². The Morgan fingerprint density at radius 1 is 1.08 bits per heavy atom. The SMILES string of the molecule is O=S(=O)(NCc1coc(-c2ccccc2)n1)c1ccc(-c2ccn[nH]2)o1. The fourth-order valence-electron chi connectivity index (χ4n) is 2.34. The van der Waals surface area contributed by atoms with Gasteiger partial charge in [-0.05, 0) is 30.3 Å². The molecule has 8 nitrogen and oxygen atoms in total. The zero-order valence-electron chi connectivity index (χ0n) is 13.4. The summed E-state index contributed by atoms with van der Waals surface area (Å²) in [4.78, 5) is 4.29. The highest BCUT2D eigenvalue weighted by Gasteiger charge is 2.20. The third-order valence-corrected chi connectivity index (χ3v) is 4.90. The molecule has 4 aromatic rings. The Balaban J connectivity index is 1.47. The zero-order chi connectivity index (χ0) is 18.0. The topological polar surface area (TPSA) is 114 Å². The van der Waals surface area contributed by atoms with E-state index in [9.17, 15) is 8.42 Å². The molecule has 1 aromatic carbocycles. The molecule has 0 atom stereocenters. The quantitative estimate of drug-likeness (QED) is 0.539. The molecular weight excluding hydrogens is 356 g/mol. The molecule has 0 amide bonds. The van der Waals surface area contributed by atoms with Crippen LogP contribution in [-0.2, 0) is 16.6 Å². The van der Waals surface area contributed by atoms with E-state index < -0.39 is 10.0 Å². The number of hydrogen-bond acceptors (Lipinski definition) is 6. The van der Waals surface area contributed by atoms with E-state index in [4.69, 9.17) is 8.83 Å². The number of nitrogens with zero attached hydrogens (tertiary/aromatic N) is 2. The van der Waals surface area contributed by atoms with Gasteiger partial charge in [-0.3, -0.25) is 5.10 Å². The van der Waals surface area contributed by atoms with Crippen LogP contribution in [0, 0.1) is 0 Å². The van der Waals surface area contributed by atoms with Crippen molar-refractivity contribution in [3.63, 3.8) is 0 Å². The summed E-state index contributed by atoms with van der Waals surface area (Å²) in [5.74, 6) is 0.815. The van der Waals surface area contributed by atoms with E-state index in [1.54, 1.807) is 18.3 Å². The van der Waals surface area contributed by atoms with Crippen LogP contribution in [0.4, 0.5) is 0 Å². The van der Waals surface area contributed by atoms with E-state index in [-0.39, 0.29) is 11.6 Å². The van der Waals surface area contributed by atoms with Crippen LogP contribution in [0.15, 0.2) is 74.9 Å². The molecule has 0 bridgehead atoms. The highest BCUT2D eigenvalue weighted by molar-refractivity contribution is 7.89. The molecule has 0 saturated heterocycles. The van der Waals surface area contributed by atoms with Gasteiger partial charge in [0.25, 0.3) is 10.0 Å². The molecule has 0 aliphatic heterocycles. The van der Waals surface area contributed by atoms with Crippen LogP contribution in [-0.4, -0.2) is 23.6 Å². The number of nitrogens with one attached hydrogen (secondary N) is 2. The minimum atomic E-state index is -3.82.